The number of hydrogen-bond donors (Lipinski definition) is 1. The number of rotatable bonds is 7. The molecule has 1 aliphatic heterocycles. The normalized spacial score (nSPS) is 16.3. The van der Waals surface area contributed by atoms with Gasteiger partial charge in [0.25, 0.3) is 0 Å². The van der Waals surface area contributed by atoms with Crippen molar-refractivity contribution in [3.8, 4) is 5.75 Å². The van der Waals surface area contributed by atoms with Crippen LogP contribution >= 0.6 is 15.9 Å². The number of hydrogen-bond acceptors (Lipinski definition) is 3. The highest BCUT2D eigenvalue weighted by Crippen LogP contribution is 2.25. The van der Waals surface area contributed by atoms with E-state index in [1.807, 2.05) is 12.1 Å². The summed E-state index contributed by atoms with van der Waals surface area (Å²) in [6.45, 7) is 9.05. The average molecular weight is 345 g/mol. The van der Waals surface area contributed by atoms with E-state index in [9.17, 15) is 0 Å². The van der Waals surface area contributed by atoms with Crippen molar-refractivity contribution in [1.29, 1.82) is 0 Å². The molecule has 0 saturated carbocycles. The minimum atomic E-state index is 0.583. The second kappa shape index (κ2) is 8.62. The Morgan fingerprint density at radius 3 is 2.75 bits per heavy atom. The Hall–Kier alpha value is -0.620. The maximum Gasteiger partial charge on any atom is 0.133 e. The number of morpholine rings is 1. The number of quaternary nitrogens is 1. The monoisotopic (exact) mass is 344 g/mol. The third kappa shape index (κ3) is 5.40. The van der Waals surface area contributed by atoms with E-state index in [0.717, 1.165) is 49.7 Å². The second-order valence-electron chi connectivity index (χ2n) is 5.01. The first-order chi connectivity index (χ1) is 9.75. The van der Waals surface area contributed by atoms with E-state index < -0.39 is 0 Å². The first-order valence-electron chi connectivity index (χ1n) is 7.14. The van der Waals surface area contributed by atoms with E-state index in [1.165, 1.54) is 5.56 Å². The largest absolute Gasteiger partial charge is 0.490 e. The van der Waals surface area contributed by atoms with Gasteiger partial charge in [-0.1, -0.05) is 6.07 Å². The molecule has 0 spiro atoms. The van der Waals surface area contributed by atoms with E-state index in [-0.39, 0.29) is 0 Å². The number of aryl methyl sites for hydroxylation is 1. The summed E-state index contributed by atoms with van der Waals surface area (Å²) >= 11 is 3.50. The van der Waals surface area contributed by atoms with Gasteiger partial charge in [-0.05, 0) is 40.5 Å². The van der Waals surface area contributed by atoms with Gasteiger partial charge in [-0.15, -0.1) is 0 Å². The maximum atomic E-state index is 5.69. The van der Waals surface area contributed by atoms with Gasteiger partial charge in [0.1, 0.15) is 32.0 Å². The van der Waals surface area contributed by atoms with E-state index in [1.54, 1.807) is 4.90 Å². The predicted molar refractivity (Wildman–Crippen MR) is 81.6 cm³/mol. The summed E-state index contributed by atoms with van der Waals surface area (Å²) in [5.41, 5.74) is 1.22. The standard InChI is InChI=1S/C15H22BrNO3/c1-13-2-3-15(14(16)12-13)20-11-10-19-9-6-17-4-7-18-8-5-17/h2-3,12H,4-11H2,1H3/p+1. The molecule has 1 aliphatic rings. The summed E-state index contributed by atoms with van der Waals surface area (Å²) in [5, 5.41) is 0. The minimum Gasteiger partial charge on any atom is -0.490 e. The lowest BCUT2D eigenvalue weighted by Gasteiger charge is -2.23. The van der Waals surface area contributed by atoms with E-state index in [4.69, 9.17) is 14.2 Å². The summed E-state index contributed by atoms with van der Waals surface area (Å²) < 4.78 is 17.6. The summed E-state index contributed by atoms with van der Waals surface area (Å²) in [4.78, 5) is 1.57. The van der Waals surface area contributed by atoms with Gasteiger partial charge >= 0.3 is 0 Å². The van der Waals surface area contributed by atoms with Crippen LogP contribution in [0, 0.1) is 6.92 Å². The quantitative estimate of drug-likeness (QED) is 0.751. The zero-order valence-corrected chi connectivity index (χ0v) is 13.6. The van der Waals surface area contributed by atoms with E-state index in [2.05, 4.69) is 28.9 Å². The Kier molecular flexibility index (Phi) is 6.79. The third-order valence-electron chi connectivity index (χ3n) is 3.37. The van der Waals surface area contributed by atoms with Crippen LogP contribution in [-0.2, 0) is 9.47 Å². The van der Waals surface area contributed by atoms with Gasteiger partial charge in [0.05, 0.1) is 30.9 Å². The molecular formula is C15H23BrNO3+. The number of ether oxygens (including phenoxy) is 3. The van der Waals surface area contributed by atoms with Crippen LogP contribution in [-0.4, -0.2) is 52.7 Å². The van der Waals surface area contributed by atoms with Gasteiger partial charge < -0.3 is 19.1 Å². The van der Waals surface area contributed by atoms with E-state index >= 15 is 0 Å². The van der Waals surface area contributed by atoms with Crippen LogP contribution in [0.4, 0.5) is 0 Å². The molecule has 1 saturated heterocycles. The maximum absolute atomic E-state index is 5.69. The molecule has 0 aromatic heterocycles. The predicted octanol–water partition coefficient (Wildman–Crippen LogP) is 1.07. The molecule has 1 aromatic carbocycles. The Bertz CT molecular complexity index is 408. The highest BCUT2D eigenvalue weighted by atomic mass is 79.9. The molecule has 0 bridgehead atoms. The number of halogens is 1. The lowest BCUT2D eigenvalue weighted by atomic mass is 10.2. The van der Waals surface area contributed by atoms with Crippen LogP contribution in [0.5, 0.6) is 5.75 Å². The molecule has 20 heavy (non-hydrogen) atoms. The molecule has 1 aromatic rings. The van der Waals surface area contributed by atoms with Crippen molar-refractivity contribution in [2.24, 2.45) is 0 Å². The molecule has 2 rings (SSSR count). The van der Waals surface area contributed by atoms with Crippen molar-refractivity contribution in [2.45, 2.75) is 6.92 Å². The van der Waals surface area contributed by atoms with Crippen LogP contribution in [0.3, 0.4) is 0 Å². The molecule has 4 nitrogen and oxygen atoms in total. The van der Waals surface area contributed by atoms with Gasteiger partial charge in [-0.25, -0.2) is 0 Å². The van der Waals surface area contributed by atoms with Crippen molar-refractivity contribution in [3.63, 3.8) is 0 Å². The van der Waals surface area contributed by atoms with Crippen LogP contribution in [0.2, 0.25) is 0 Å². The zero-order valence-electron chi connectivity index (χ0n) is 12.0. The Balaban J connectivity index is 1.55. The molecule has 1 fully saturated rings. The fourth-order valence-electron chi connectivity index (χ4n) is 2.16. The van der Waals surface area contributed by atoms with Crippen LogP contribution in [0.1, 0.15) is 5.56 Å². The molecular weight excluding hydrogens is 322 g/mol. The zero-order chi connectivity index (χ0) is 14.2. The second-order valence-corrected chi connectivity index (χ2v) is 5.86. The number of nitrogens with one attached hydrogen (secondary N) is 1. The van der Waals surface area contributed by atoms with Gasteiger partial charge in [0, 0.05) is 0 Å². The Morgan fingerprint density at radius 1 is 1.20 bits per heavy atom. The van der Waals surface area contributed by atoms with Crippen LogP contribution in [0.25, 0.3) is 0 Å². The number of benzene rings is 1. The third-order valence-corrected chi connectivity index (χ3v) is 3.99. The molecule has 0 atom stereocenters. The van der Waals surface area contributed by atoms with Crippen LogP contribution < -0.4 is 9.64 Å². The van der Waals surface area contributed by atoms with Gasteiger partial charge in [0.2, 0.25) is 0 Å². The van der Waals surface area contributed by atoms with Crippen molar-refractivity contribution in [1.82, 2.24) is 0 Å². The molecule has 112 valence electrons. The van der Waals surface area contributed by atoms with Crippen molar-refractivity contribution >= 4 is 15.9 Å². The molecule has 0 aliphatic carbocycles. The SMILES string of the molecule is Cc1ccc(OCCOCC[NH+]2CCOCC2)c(Br)c1. The lowest BCUT2D eigenvalue weighted by molar-refractivity contribution is -0.908. The summed E-state index contributed by atoms with van der Waals surface area (Å²) in [6.07, 6.45) is 0. The molecule has 1 heterocycles. The van der Waals surface area contributed by atoms with E-state index in [0.29, 0.717) is 13.2 Å². The Labute approximate surface area is 129 Å². The molecule has 0 unspecified atom stereocenters. The molecule has 0 radical (unpaired) electrons. The van der Waals surface area contributed by atoms with Gasteiger partial charge in [-0.3, -0.25) is 0 Å². The van der Waals surface area contributed by atoms with Crippen molar-refractivity contribution < 1.29 is 19.1 Å². The average Bonchev–Trinajstić information content (AvgIpc) is 2.46. The summed E-state index contributed by atoms with van der Waals surface area (Å²) in [5.74, 6) is 0.873. The van der Waals surface area contributed by atoms with Crippen molar-refractivity contribution in [3.05, 3.63) is 28.2 Å². The molecule has 1 N–H and O–H groups in total. The lowest BCUT2D eigenvalue weighted by Crippen LogP contribution is -3.14. The van der Waals surface area contributed by atoms with Crippen LogP contribution in [0.15, 0.2) is 22.7 Å². The molecule has 0 amide bonds. The molecule has 5 heteroatoms. The minimum absolute atomic E-state index is 0.583. The first kappa shape index (κ1) is 15.8. The fourth-order valence-corrected chi connectivity index (χ4v) is 2.77. The van der Waals surface area contributed by atoms with Crippen molar-refractivity contribution in [2.75, 3.05) is 52.7 Å². The smallest absolute Gasteiger partial charge is 0.133 e. The highest BCUT2D eigenvalue weighted by molar-refractivity contribution is 9.10. The topological polar surface area (TPSA) is 32.1 Å². The fraction of sp³-hybridized carbons (Fsp3) is 0.600. The first-order valence-corrected chi connectivity index (χ1v) is 7.93. The summed E-state index contributed by atoms with van der Waals surface area (Å²) in [6, 6.07) is 6.08. The van der Waals surface area contributed by atoms with Gasteiger partial charge in [-0.2, -0.15) is 0 Å². The van der Waals surface area contributed by atoms with Gasteiger partial charge in [0.15, 0.2) is 0 Å². The highest BCUT2D eigenvalue weighted by Gasteiger charge is 2.12. The summed E-state index contributed by atoms with van der Waals surface area (Å²) in [7, 11) is 0. The Morgan fingerprint density at radius 2 is 2.00 bits per heavy atom.